The molecular formula is C21H23FN2O2S. The molecule has 1 aliphatic heterocycles. The van der Waals surface area contributed by atoms with Gasteiger partial charge in [0.25, 0.3) is 0 Å². The first-order valence-corrected chi connectivity index (χ1v) is 9.93. The fourth-order valence-electron chi connectivity index (χ4n) is 3.48. The molecule has 0 fully saturated rings. The van der Waals surface area contributed by atoms with Crippen LogP contribution in [0.5, 0.6) is 0 Å². The molecule has 0 saturated heterocycles. The van der Waals surface area contributed by atoms with E-state index in [9.17, 15) is 14.0 Å². The SMILES string of the molecule is C=CCN(CC(=O)N1CCc2sccc2[C@@H]1c1ccc(F)cc1)C(=O)CC. The molecule has 1 aromatic carbocycles. The molecule has 1 aliphatic rings. The first-order valence-electron chi connectivity index (χ1n) is 9.05. The van der Waals surface area contributed by atoms with Crippen LogP contribution in [0.3, 0.4) is 0 Å². The van der Waals surface area contributed by atoms with Crippen LogP contribution in [0.15, 0.2) is 48.4 Å². The van der Waals surface area contributed by atoms with Crippen LogP contribution < -0.4 is 0 Å². The summed E-state index contributed by atoms with van der Waals surface area (Å²) in [6.45, 7) is 6.41. The summed E-state index contributed by atoms with van der Waals surface area (Å²) >= 11 is 1.68. The van der Waals surface area contributed by atoms with Gasteiger partial charge in [0, 0.05) is 24.4 Å². The number of halogens is 1. The Bertz CT molecular complexity index is 831. The van der Waals surface area contributed by atoms with Gasteiger partial charge in [-0.25, -0.2) is 4.39 Å². The normalized spacial score (nSPS) is 15.9. The third kappa shape index (κ3) is 4.11. The molecule has 2 amide bonds. The van der Waals surface area contributed by atoms with Gasteiger partial charge in [-0.3, -0.25) is 9.59 Å². The molecule has 6 heteroatoms. The van der Waals surface area contributed by atoms with Crippen LogP contribution in [0, 0.1) is 5.82 Å². The van der Waals surface area contributed by atoms with Crippen LogP contribution in [0.4, 0.5) is 4.39 Å². The summed E-state index contributed by atoms with van der Waals surface area (Å²) in [5.41, 5.74) is 1.96. The third-order valence-corrected chi connectivity index (χ3v) is 5.80. The topological polar surface area (TPSA) is 40.6 Å². The lowest BCUT2D eigenvalue weighted by atomic mass is 9.93. The maximum absolute atomic E-state index is 13.4. The summed E-state index contributed by atoms with van der Waals surface area (Å²) in [7, 11) is 0. The minimum absolute atomic E-state index is 0.0237. The van der Waals surface area contributed by atoms with E-state index in [1.54, 1.807) is 41.4 Å². The predicted molar refractivity (Wildman–Crippen MR) is 105 cm³/mol. The second-order valence-electron chi connectivity index (χ2n) is 6.51. The molecule has 3 rings (SSSR count). The Kier molecular flexibility index (Phi) is 6.06. The Morgan fingerprint density at radius 1 is 1.33 bits per heavy atom. The van der Waals surface area contributed by atoms with Gasteiger partial charge in [-0.05, 0) is 41.1 Å². The van der Waals surface area contributed by atoms with Gasteiger partial charge in [-0.1, -0.05) is 25.1 Å². The fraction of sp³-hybridized carbons (Fsp3) is 0.333. The lowest BCUT2D eigenvalue weighted by Gasteiger charge is -2.37. The average molecular weight is 386 g/mol. The van der Waals surface area contributed by atoms with E-state index < -0.39 is 0 Å². The number of rotatable bonds is 6. The fourth-order valence-corrected chi connectivity index (χ4v) is 4.38. The lowest BCUT2D eigenvalue weighted by Crippen LogP contribution is -2.46. The highest BCUT2D eigenvalue weighted by molar-refractivity contribution is 7.10. The minimum Gasteiger partial charge on any atom is -0.330 e. The maximum Gasteiger partial charge on any atom is 0.243 e. The number of hydrogen-bond acceptors (Lipinski definition) is 3. The number of nitrogens with zero attached hydrogens (tertiary/aromatic N) is 2. The van der Waals surface area contributed by atoms with Crippen molar-refractivity contribution in [3.05, 3.63) is 70.2 Å². The van der Waals surface area contributed by atoms with Crippen molar-refractivity contribution in [1.82, 2.24) is 9.80 Å². The van der Waals surface area contributed by atoms with Crippen molar-refractivity contribution in [2.45, 2.75) is 25.8 Å². The number of fused-ring (bicyclic) bond motifs is 1. The molecule has 0 unspecified atom stereocenters. The van der Waals surface area contributed by atoms with E-state index in [-0.39, 0.29) is 30.2 Å². The third-order valence-electron chi connectivity index (χ3n) is 4.80. The van der Waals surface area contributed by atoms with Crippen LogP contribution in [0.1, 0.15) is 35.4 Å². The Hall–Kier alpha value is -2.47. The Labute approximate surface area is 162 Å². The second kappa shape index (κ2) is 8.48. The van der Waals surface area contributed by atoms with Crippen LogP contribution in [-0.2, 0) is 16.0 Å². The number of hydrogen-bond donors (Lipinski definition) is 0. The van der Waals surface area contributed by atoms with E-state index in [2.05, 4.69) is 6.58 Å². The number of thiophene rings is 1. The van der Waals surface area contributed by atoms with Crippen molar-refractivity contribution in [1.29, 1.82) is 0 Å². The lowest BCUT2D eigenvalue weighted by molar-refractivity contribution is -0.141. The van der Waals surface area contributed by atoms with Crippen molar-refractivity contribution in [3.63, 3.8) is 0 Å². The minimum atomic E-state index is -0.302. The Morgan fingerprint density at radius 3 is 2.74 bits per heavy atom. The smallest absolute Gasteiger partial charge is 0.243 e. The van der Waals surface area contributed by atoms with E-state index in [0.29, 0.717) is 19.5 Å². The second-order valence-corrected chi connectivity index (χ2v) is 7.51. The van der Waals surface area contributed by atoms with Crippen molar-refractivity contribution in [2.24, 2.45) is 0 Å². The largest absolute Gasteiger partial charge is 0.330 e. The van der Waals surface area contributed by atoms with E-state index in [1.165, 1.54) is 21.9 Å². The number of amides is 2. The molecular weight excluding hydrogens is 363 g/mol. The van der Waals surface area contributed by atoms with Crippen molar-refractivity contribution in [2.75, 3.05) is 19.6 Å². The van der Waals surface area contributed by atoms with Gasteiger partial charge >= 0.3 is 0 Å². The van der Waals surface area contributed by atoms with E-state index >= 15 is 0 Å². The summed E-state index contributed by atoms with van der Waals surface area (Å²) < 4.78 is 13.4. The van der Waals surface area contributed by atoms with Gasteiger partial charge < -0.3 is 9.80 Å². The summed E-state index contributed by atoms with van der Waals surface area (Å²) in [5, 5.41) is 2.03. The molecule has 1 atom stereocenters. The molecule has 0 bridgehead atoms. The van der Waals surface area contributed by atoms with E-state index in [1.807, 2.05) is 11.4 Å². The van der Waals surface area contributed by atoms with Crippen molar-refractivity contribution < 1.29 is 14.0 Å². The highest BCUT2D eigenvalue weighted by Crippen LogP contribution is 2.37. The van der Waals surface area contributed by atoms with Crippen LogP contribution >= 0.6 is 11.3 Å². The maximum atomic E-state index is 13.4. The molecule has 2 heterocycles. The zero-order chi connectivity index (χ0) is 19.4. The molecule has 0 spiro atoms. The van der Waals surface area contributed by atoms with E-state index in [4.69, 9.17) is 0 Å². The monoisotopic (exact) mass is 386 g/mol. The van der Waals surface area contributed by atoms with Crippen LogP contribution in [-0.4, -0.2) is 41.2 Å². The number of carbonyl (C=O) groups excluding carboxylic acids is 2. The molecule has 2 aromatic rings. The number of carbonyl (C=O) groups is 2. The number of benzene rings is 1. The molecule has 142 valence electrons. The Morgan fingerprint density at radius 2 is 2.07 bits per heavy atom. The molecule has 1 aromatic heterocycles. The summed E-state index contributed by atoms with van der Waals surface area (Å²) in [5.74, 6) is -0.483. The summed E-state index contributed by atoms with van der Waals surface area (Å²) in [6, 6.07) is 8.08. The molecule has 0 aliphatic carbocycles. The van der Waals surface area contributed by atoms with Crippen LogP contribution in [0.2, 0.25) is 0 Å². The highest BCUT2D eigenvalue weighted by Gasteiger charge is 2.33. The molecule has 27 heavy (non-hydrogen) atoms. The van der Waals surface area contributed by atoms with Crippen molar-refractivity contribution >= 4 is 23.2 Å². The Balaban J connectivity index is 1.90. The average Bonchev–Trinajstić information content (AvgIpc) is 3.15. The van der Waals surface area contributed by atoms with E-state index in [0.717, 1.165) is 17.5 Å². The van der Waals surface area contributed by atoms with Crippen LogP contribution in [0.25, 0.3) is 0 Å². The van der Waals surface area contributed by atoms with Crippen molar-refractivity contribution in [3.8, 4) is 0 Å². The zero-order valence-corrected chi connectivity index (χ0v) is 16.2. The van der Waals surface area contributed by atoms with Gasteiger partial charge in [-0.2, -0.15) is 0 Å². The molecule has 4 nitrogen and oxygen atoms in total. The van der Waals surface area contributed by atoms with Gasteiger partial charge in [-0.15, -0.1) is 17.9 Å². The molecule has 0 N–H and O–H groups in total. The predicted octanol–water partition coefficient (Wildman–Crippen LogP) is 3.79. The zero-order valence-electron chi connectivity index (χ0n) is 15.4. The molecule has 0 saturated carbocycles. The van der Waals surface area contributed by atoms with Gasteiger partial charge in [0.1, 0.15) is 12.4 Å². The first-order chi connectivity index (χ1) is 13.0. The first kappa shape index (κ1) is 19.3. The highest BCUT2D eigenvalue weighted by atomic mass is 32.1. The van der Waals surface area contributed by atoms with Gasteiger partial charge in [0.05, 0.1) is 6.04 Å². The summed E-state index contributed by atoms with van der Waals surface area (Å²) in [6.07, 6.45) is 2.77. The molecule has 0 radical (unpaired) electrons. The quantitative estimate of drug-likeness (QED) is 0.709. The summed E-state index contributed by atoms with van der Waals surface area (Å²) in [4.78, 5) is 29.8. The standard InChI is InChI=1S/C21H23FN2O2S/c1-3-11-23(19(25)4-2)14-20(26)24-12-9-18-17(10-13-27-18)21(24)15-5-7-16(22)8-6-15/h3,5-8,10,13,21H,1,4,9,11-12,14H2,2H3/t21-/m0/s1. The van der Waals surface area contributed by atoms with Gasteiger partial charge in [0.2, 0.25) is 11.8 Å². The van der Waals surface area contributed by atoms with Gasteiger partial charge in [0.15, 0.2) is 0 Å².